The van der Waals surface area contributed by atoms with E-state index >= 15 is 0 Å². The van der Waals surface area contributed by atoms with Gasteiger partial charge >= 0.3 is 0 Å². The van der Waals surface area contributed by atoms with E-state index in [1.807, 2.05) is 48.5 Å². The average molecular weight is 475 g/mol. The fourth-order valence-corrected chi connectivity index (χ4v) is 5.60. The van der Waals surface area contributed by atoms with Crippen LogP contribution in [-0.4, -0.2) is 0 Å². The smallest absolute Gasteiger partial charge is 0.135 e. The molecule has 0 amide bonds. The van der Waals surface area contributed by atoms with Crippen LogP contribution in [0.1, 0.15) is 34.7 Å². The second-order valence-corrected chi connectivity index (χ2v) is 9.26. The normalized spacial score (nSPS) is 12.6. The van der Waals surface area contributed by atoms with Crippen molar-refractivity contribution in [3.8, 4) is 45.9 Å². The molecule has 1 aliphatic carbocycles. The highest BCUT2D eigenvalue weighted by Gasteiger charge is 2.42. The summed E-state index contributed by atoms with van der Waals surface area (Å²) in [4.78, 5) is 0. The lowest BCUT2D eigenvalue weighted by atomic mass is 9.74. The molecule has 5 aromatic rings. The van der Waals surface area contributed by atoms with E-state index in [0.717, 1.165) is 16.9 Å². The number of para-hydroxylation sites is 2. The first-order valence-corrected chi connectivity index (χ1v) is 12.2. The van der Waals surface area contributed by atoms with Gasteiger partial charge in [0, 0.05) is 22.1 Å². The zero-order chi connectivity index (χ0) is 25.4. The summed E-state index contributed by atoms with van der Waals surface area (Å²) in [6.07, 6.45) is 0. The van der Waals surface area contributed by atoms with Gasteiger partial charge in [-0.1, -0.05) is 97.1 Å². The summed E-state index contributed by atoms with van der Waals surface area (Å²) in [5.41, 5.74) is 7.77. The molecule has 0 aliphatic heterocycles. The SMILES string of the molecule is CC1(c2ccccc2Oc2ccccc2-c2cccc(C#N)c2C#N)c2ccccc2-c2ccccc21. The Balaban J connectivity index is 1.52. The van der Waals surface area contributed by atoms with Crippen molar-refractivity contribution in [1.82, 2.24) is 0 Å². The molecule has 0 N–H and O–H groups in total. The van der Waals surface area contributed by atoms with Crippen LogP contribution in [0, 0.1) is 22.7 Å². The summed E-state index contributed by atoms with van der Waals surface area (Å²) < 4.78 is 6.68. The van der Waals surface area contributed by atoms with Crippen molar-refractivity contribution >= 4 is 0 Å². The third-order valence-electron chi connectivity index (χ3n) is 7.34. The molecule has 0 aromatic heterocycles. The molecule has 0 saturated carbocycles. The molecule has 5 aromatic carbocycles. The Kier molecular flexibility index (Phi) is 5.33. The van der Waals surface area contributed by atoms with Crippen LogP contribution in [0.2, 0.25) is 0 Å². The number of fused-ring (bicyclic) bond motifs is 3. The van der Waals surface area contributed by atoms with Gasteiger partial charge in [-0.15, -0.1) is 0 Å². The summed E-state index contributed by atoms with van der Waals surface area (Å²) in [5, 5.41) is 19.4. The van der Waals surface area contributed by atoms with Crippen molar-refractivity contribution in [3.63, 3.8) is 0 Å². The summed E-state index contributed by atoms with van der Waals surface area (Å²) in [6, 6.07) is 42.6. The van der Waals surface area contributed by atoms with Crippen LogP contribution in [0.3, 0.4) is 0 Å². The molecular weight excluding hydrogens is 452 g/mol. The second kappa shape index (κ2) is 8.83. The van der Waals surface area contributed by atoms with Crippen LogP contribution in [0.15, 0.2) is 115 Å². The topological polar surface area (TPSA) is 56.8 Å². The van der Waals surface area contributed by atoms with E-state index in [9.17, 15) is 10.5 Å². The second-order valence-electron chi connectivity index (χ2n) is 9.26. The van der Waals surface area contributed by atoms with Crippen LogP contribution in [0.25, 0.3) is 22.3 Å². The first-order valence-electron chi connectivity index (χ1n) is 12.2. The molecule has 0 radical (unpaired) electrons. The maximum atomic E-state index is 9.84. The first kappa shape index (κ1) is 22.4. The zero-order valence-corrected chi connectivity index (χ0v) is 20.3. The molecule has 3 heteroatoms. The van der Waals surface area contributed by atoms with Gasteiger partial charge in [-0.25, -0.2) is 0 Å². The van der Waals surface area contributed by atoms with E-state index in [-0.39, 0.29) is 0 Å². The number of nitrogens with zero attached hydrogens (tertiary/aromatic N) is 2. The molecular formula is C34H22N2O. The fourth-order valence-electron chi connectivity index (χ4n) is 5.60. The van der Waals surface area contributed by atoms with Crippen LogP contribution in [0.4, 0.5) is 0 Å². The molecule has 6 rings (SSSR count). The summed E-state index contributed by atoms with van der Waals surface area (Å²) in [6.45, 7) is 2.26. The van der Waals surface area contributed by atoms with Gasteiger partial charge in [0.05, 0.1) is 11.1 Å². The van der Waals surface area contributed by atoms with Crippen molar-refractivity contribution in [1.29, 1.82) is 10.5 Å². The van der Waals surface area contributed by atoms with Crippen molar-refractivity contribution in [2.75, 3.05) is 0 Å². The Bertz CT molecular complexity index is 1710. The first-order chi connectivity index (χ1) is 18.2. The predicted octanol–water partition coefficient (Wildman–Crippen LogP) is 8.22. The van der Waals surface area contributed by atoms with Crippen LogP contribution in [-0.2, 0) is 5.41 Å². The quantitative estimate of drug-likeness (QED) is 0.264. The minimum Gasteiger partial charge on any atom is -0.456 e. The molecule has 37 heavy (non-hydrogen) atoms. The maximum Gasteiger partial charge on any atom is 0.135 e. The highest BCUT2D eigenvalue weighted by molar-refractivity contribution is 5.84. The lowest BCUT2D eigenvalue weighted by Gasteiger charge is -2.30. The third-order valence-corrected chi connectivity index (χ3v) is 7.34. The van der Waals surface area contributed by atoms with Gasteiger partial charge in [0.2, 0.25) is 0 Å². The van der Waals surface area contributed by atoms with Crippen molar-refractivity contribution in [3.05, 3.63) is 143 Å². The molecule has 1 aliphatic rings. The summed E-state index contributed by atoms with van der Waals surface area (Å²) >= 11 is 0. The largest absolute Gasteiger partial charge is 0.456 e. The molecule has 0 saturated heterocycles. The Morgan fingerprint density at radius 3 is 1.65 bits per heavy atom. The Morgan fingerprint density at radius 1 is 0.514 bits per heavy atom. The van der Waals surface area contributed by atoms with E-state index < -0.39 is 5.41 Å². The van der Waals surface area contributed by atoms with Gasteiger partial charge < -0.3 is 4.74 Å². The highest BCUT2D eigenvalue weighted by atomic mass is 16.5. The number of rotatable bonds is 4. The number of hydrogen-bond donors (Lipinski definition) is 0. The van der Waals surface area contributed by atoms with Gasteiger partial charge in [0.1, 0.15) is 23.6 Å². The van der Waals surface area contributed by atoms with Gasteiger partial charge in [0.15, 0.2) is 0 Å². The fraction of sp³-hybridized carbons (Fsp3) is 0.0588. The van der Waals surface area contributed by atoms with Gasteiger partial charge in [0.25, 0.3) is 0 Å². The minimum atomic E-state index is -0.405. The Labute approximate surface area is 216 Å². The van der Waals surface area contributed by atoms with Gasteiger partial charge in [-0.05, 0) is 47.4 Å². The van der Waals surface area contributed by atoms with E-state index in [1.165, 1.54) is 22.3 Å². The maximum absolute atomic E-state index is 9.84. The predicted molar refractivity (Wildman–Crippen MR) is 145 cm³/mol. The average Bonchev–Trinajstić information content (AvgIpc) is 3.22. The summed E-state index contributed by atoms with van der Waals surface area (Å²) in [7, 11) is 0. The van der Waals surface area contributed by atoms with E-state index in [0.29, 0.717) is 22.4 Å². The lowest BCUT2D eigenvalue weighted by molar-refractivity contribution is 0.468. The van der Waals surface area contributed by atoms with Crippen LogP contribution < -0.4 is 4.74 Å². The molecule has 0 atom stereocenters. The monoisotopic (exact) mass is 474 g/mol. The molecule has 0 bridgehead atoms. The lowest BCUT2D eigenvalue weighted by Crippen LogP contribution is -2.23. The molecule has 3 nitrogen and oxygen atoms in total. The zero-order valence-electron chi connectivity index (χ0n) is 20.3. The highest BCUT2D eigenvalue weighted by Crippen LogP contribution is 2.54. The van der Waals surface area contributed by atoms with Crippen LogP contribution >= 0.6 is 0 Å². The molecule has 0 heterocycles. The van der Waals surface area contributed by atoms with Crippen LogP contribution in [0.5, 0.6) is 11.5 Å². The Morgan fingerprint density at radius 2 is 1.03 bits per heavy atom. The number of hydrogen-bond acceptors (Lipinski definition) is 3. The molecule has 174 valence electrons. The standard InChI is InChI=1S/C34H22N2O/c1-34(29-16-5-2-12-25(29)26-13-3-6-17-30(26)34)31-18-7-9-20-33(31)37-32-19-8-4-14-27(32)24-15-10-11-23(21-35)28(24)22-36/h2-20H,1H3. The molecule has 0 spiro atoms. The van der Waals surface area contributed by atoms with Crippen molar-refractivity contribution in [2.45, 2.75) is 12.3 Å². The van der Waals surface area contributed by atoms with Crippen molar-refractivity contribution < 1.29 is 4.74 Å². The van der Waals surface area contributed by atoms with Gasteiger partial charge in [-0.2, -0.15) is 10.5 Å². The molecule has 0 unspecified atom stereocenters. The number of nitriles is 2. The minimum absolute atomic E-state index is 0.347. The number of ether oxygens (including phenoxy) is 1. The van der Waals surface area contributed by atoms with E-state index in [4.69, 9.17) is 4.74 Å². The number of benzene rings is 5. The van der Waals surface area contributed by atoms with Crippen molar-refractivity contribution in [2.24, 2.45) is 0 Å². The third kappa shape index (κ3) is 3.41. The Hall–Kier alpha value is -5.12. The van der Waals surface area contributed by atoms with E-state index in [2.05, 4.69) is 73.7 Å². The van der Waals surface area contributed by atoms with E-state index in [1.54, 1.807) is 12.1 Å². The van der Waals surface area contributed by atoms with Gasteiger partial charge in [-0.3, -0.25) is 0 Å². The molecule has 0 fully saturated rings. The summed E-state index contributed by atoms with van der Waals surface area (Å²) in [5.74, 6) is 1.38.